The van der Waals surface area contributed by atoms with Crippen molar-refractivity contribution in [2.75, 3.05) is 33.2 Å². The Morgan fingerprint density at radius 2 is 1.83 bits per heavy atom. The SMILES string of the molecule is CCCCCNC(=O)CCC(=O)N(CC(=O)O)C1CCN(C)CC1. The Morgan fingerprint density at radius 1 is 1.17 bits per heavy atom. The molecule has 0 aromatic rings. The van der Waals surface area contributed by atoms with Crippen molar-refractivity contribution in [3.8, 4) is 0 Å². The molecule has 7 heteroatoms. The van der Waals surface area contributed by atoms with Crippen molar-refractivity contribution in [3.63, 3.8) is 0 Å². The fraction of sp³-hybridized carbons (Fsp3) is 0.824. The van der Waals surface area contributed by atoms with Gasteiger partial charge in [-0.2, -0.15) is 0 Å². The second-order valence-corrected chi connectivity index (χ2v) is 6.51. The first kappa shape index (κ1) is 20.4. The van der Waals surface area contributed by atoms with Crippen LogP contribution in [0.25, 0.3) is 0 Å². The average molecular weight is 341 g/mol. The van der Waals surface area contributed by atoms with Gasteiger partial charge < -0.3 is 20.2 Å². The zero-order chi connectivity index (χ0) is 17.9. The Hall–Kier alpha value is -1.63. The highest BCUT2D eigenvalue weighted by molar-refractivity contribution is 5.86. The lowest BCUT2D eigenvalue weighted by Crippen LogP contribution is -2.48. The molecule has 1 fully saturated rings. The van der Waals surface area contributed by atoms with Crippen molar-refractivity contribution >= 4 is 17.8 Å². The van der Waals surface area contributed by atoms with E-state index in [9.17, 15) is 14.4 Å². The molecule has 7 nitrogen and oxygen atoms in total. The van der Waals surface area contributed by atoms with Crippen LogP contribution in [0.1, 0.15) is 51.9 Å². The Balaban J connectivity index is 2.43. The largest absolute Gasteiger partial charge is 0.480 e. The third-order valence-electron chi connectivity index (χ3n) is 4.42. The summed E-state index contributed by atoms with van der Waals surface area (Å²) in [6, 6.07) is -0.0441. The Bertz CT molecular complexity index is 420. The monoisotopic (exact) mass is 341 g/mol. The van der Waals surface area contributed by atoms with Gasteiger partial charge in [-0.25, -0.2) is 0 Å². The van der Waals surface area contributed by atoms with Crippen LogP contribution in [-0.2, 0) is 14.4 Å². The molecule has 0 aromatic carbocycles. The van der Waals surface area contributed by atoms with E-state index in [4.69, 9.17) is 5.11 Å². The highest BCUT2D eigenvalue weighted by atomic mass is 16.4. The number of carboxylic acids is 1. The standard InChI is InChI=1S/C17H31N3O4/c1-3-4-5-10-18-15(21)6-7-16(22)20(13-17(23)24)14-8-11-19(2)12-9-14/h14H,3-13H2,1-2H3,(H,18,21)(H,23,24). The van der Waals surface area contributed by atoms with Gasteiger partial charge in [0.05, 0.1) is 0 Å². The van der Waals surface area contributed by atoms with E-state index in [2.05, 4.69) is 17.1 Å². The van der Waals surface area contributed by atoms with Crippen LogP contribution in [0.4, 0.5) is 0 Å². The first-order valence-electron chi connectivity index (χ1n) is 8.90. The molecule has 0 unspecified atom stereocenters. The third kappa shape index (κ3) is 7.77. The molecule has 0 radical (unpaired) electrons. The first-order chi connectivity index (χ1) is 11.4. The van der Waals surface area contributed by atoms with Crippen molar-refractivity contribution < 1.29 is 19.5 Å². The molecule has 138 valence electrons. The maximum Gasteiger partial charge on any atom is 0.323 e. The number of nitrogens with zero attached hydrogens (tertiary/aromatic N) is 2. The van der Waals surface area contributed by atoms with E-state index >= 15 is 0 Å². The molecule has 2 N–H and O–H groups in total. The average Bonchev–Trinajstić information content (AvgIpc) is 2.55. The number of hydrogen-bond acceptors (Lipinski definition) is 4. The summed E-state index contributed by atoms with van der Waals surface area (Å²) in [6.45, 7) is 4.15. The van der Waals surface area contributed by atoms with Gasteiger partial charge >= 0.3 is 5.97 Å². The van der Waals surface area contributed by atoms with Crippen molar-refractivity contribution in [2.24, 2.45) is 0 Å². The number of carboxylic acid groups (broad SMARTS) is 1. The fourth-order valence-corrected chi connectivity index (χ4v) is 2.93. The lowest BCUT2D eigenvalue weighted by Gasteiger charge is -2.36. The van der Waals surface area contributed by atoms with E-state index in [0.29, 0.717) is 6.54 Å². The molecular weight excluding hydrogens is 310 g/mol. The summed E-state index contributed by atoms with van der Waals surface area (Å²) in [4.78, 5) is 38.9. The smallest absolute Gasteiger partial charge is 0.323 e. The molecule has 0 saturated carbocycles. The number of likely N-dealkylation sites (tertiary alicyclic amines) is 1. The predicted molar refractivity (Wildman–Crippen MR) is 91.6 cm³/mol. The van der Waals surface area contributed by atoms with Crippen molar-refractivity contribution in [1.29, 1.82) is 0 Å². The molecule has 0 spiro atoms. The number of carbonyl (C=O) groups excluding carboxylic acids is 2. The van der Waals surface area contributed by atoms with E-state index in [1.165, 1.54) is 4.90 Å². The van der Waals surface area contributed by atoms with Crippen LogP contribution in [0, 0.1) is 0 Å². The maximum absolute atomic E-state index is 12.4. The van der Waals surface area contributed by atoms with Gasteiger partial charge in [0.25, 0.3) is 0 Å². The summed E-state index contributed by atoms with van der Waals surface area (Å²) >= 11 is 0. The number of unbranched alkanes of at least 4 members (excludes halogenated alkanes) is 2. The van der Waals surface area contributed by atoms with E-state index in [0.717, 1.165) is 45.2 Å². The fourth-order valence-electron chi connectivity index (χ4n) is 2.93. The van der Waals surface area contributed by atoms with Gasteiger partial charge in [-0.1, -0.05) is 19.8 Å². The molecule has 1 heterocycles. The maximum atomic E-state index is 12.4. The van der Waals surface area contributed by atoms with Crippen LogP contribution in [-0.4, -0.2) is 72.0 Å². The zero-order valence-electron chi connectivity index (χ0n) is 14.9. The molecule has 1 saturated heterocycles. The molecule has 1 aliphatic rings. The van der Waals surface area contributed by atoms with Crippen LogP contribution in [0.15, 0.2) is 0 Å². The molecule has 0 bridgehead atoms. The molecular formula is C17H31N3O4. The van der Waals surface area contributed by atoms with E-state index < -0.39 is 5.97 Å². The van der Waals surface area contributed by atoms with E-state index in [-0.39, 0.29) is 37.2 Å². The second-order valence-electron chi connectivity index (χ2n) is 6.51. The molecule has 2 amide bonds. The highest BCUT2D eigenvalue weighted by Gasteiger charge is 2.28. The van der Waals surface area contributed by atoms with Crippen molar-refractivity contribution in [3.05, 3.63) is 0 Å². The number of carbonyl (C=O) groups is 3. The van der Waals surface area contributed by atoms with Crippen LogP contribution >= 0.6 is 0 Å². The van der Waals surface area contributed by atoms with Crippen molar-refractivity contribution in [1.82, 2.24) is 15.1 Å². The van der Waals surface area contributed by atoms with E-state index in [1.807, 2.05) is 7.05 Å². The normalized spacial score (nSPS) is 15.9. The van der Waals surface area contributed by atoms with Crippen LogP contribution < -0.4 is 5.32 Å². The van der Waals surface area contributed by atoms with Gasteiger partial charge in [0, 0.05) is 25.4 Å². The second kappa shape index (κ2) is 11.0. The van der Waals surface area contributed by atoms with Gasteiger partial charge in [-0.3, -0.25) is 14.4 Å². The van der Waals surface area contributed by atoms with E-state index in [1.54, 1.807) is 0 Å². The third-order valence-corrected chi connectivity index (χ3v) is 4.42. The van der Waals surface area contributed by atoms with Crippen LogP contribution in [0.5, 0.6) is 0 Å². The Kier molecular flexibility index (Phi) is 9.37. The highest BCUT2D eigenvalue weighted by Crippen LogP contribution is 2.17. The Labute approximate surface area is 144 Å². The summed E-state index contributed by atoms with van der Waals surface area (Å²) in [5, 5.41) is 11.9. The van der Waals surface area contributed by atoms with Gasteiger partial charge in [0.1, 0.15) is 6.54 Å². The van der Waals surface area contributed by atoms with Gasteiger partial charge in [-0.15, -0.1) is 0 Å². The van der Waals surface area contributed by atoms with Gasteiger partial charge in [0.2, 0.25) is 11.8 Å². The molecule has 0 aliphatic carbocycles. The zero-order valence-corrected chi connectivity index (χ0v) is 14.9. The lowest BCUT2D eigenvalue weighted by molar-refractivity contribution is -0.147. The summed E-state index contributed by atoms with van der Waals surface area (Å²) in [6.07, 6.45) is 4.85. The summed E-state index contributed by atoms with van der Waals surface area (Å²) in [5.74, 6) is -1.39. The summed E-state index contributed by atoms with van der Waals surface area (Å²) in [5.41, 5.74) is 0. The number of nitrogens with one attached hydrogen (secondary N) is 1. The minimum Gasteiger partial charge on any atom is -0.480 e. The predicted octanol–water partition coefficient (Wildman–Crippen LogP) is 1.08. The van der Waals surface area contributed by atoms with Crippen LogP contribution in [0.3, 0.4) is 0 Å². The number of amides is 2. The first-order valence-corrected chi connectivity index (χ1v) is 8.90. The molecule has 0 atom stereocenters. The number of aliphatic carboxylic acids is 1. The number of rotatable bonds is 10. The lowest BCUT2D eigenvalue weighted by atomic mass is 10.0. The topological polar surface area (TPSA) is 90.0 Å². The molecule has 1 aliphatic heterocycles. The van der Waals surface area contributed by atoms with Gasteiger partial charge in [-0.05, 0) is 39.4 Å². The Morgan fingerprint density at radius 3 is 2.42 bits per heavy atom. The van der Waals surface area contributed by atoms with Crippen molar-refractivity contribution in [2.45, 2.75) is 57.9 Å². The quantitative estimate of drug-likeness (QED) is 0.580. The summed E-state index contributed by atoms with van der Waals surface area (Å²) < 4.78 is 0. The molecule has 24 heavy (non-hydrogen) atoms. The number of piperidine rings is 1. The van der Waals surface area contributed by atoms with Gasteiger partial charge in [0.15, 0.2) is 0 Å². The van der Waals surface area contributed by atoms with Crippen LogP contribution in [0.2, 0.25) is 0 Å². The number of hydrogen-bond donors (Lipinski definition) is 2. The minimum absolute atomic E-state index is 0.0441. The molecule has 1 rings (SSSR count). The summed E-state index contributed by atoms with van der Waals surface area (Å²) in [7, 11) is 2.02. The minimum atomic E-state index is -1.01. The molecule has 0 aromatic heterocycles.